The molecule has 0 aromatic rings. The van der Waals surface area contributed by atoms with E-state index in [-0.39, 0.29) is 64.5 Å². The normalized spacial score (nSPS) is 19.6. The predicted octanol–water partition coefficient (Wildman–Crippen LogP) is -4.01. The summed E-state index contributed by atoms with van der Waals surface area (Å²) in [5.41, 5.74) is 0. The summed E-state index contributed by atoms with van der Waals surface area (Å²) in [4.78, 5) is 35.5. The molecule has 1 fully saturated rings. The van der Waals surface area contributed by atoms with E-state index in [1.165, 1.54) is 0 Å². The van der Waals surface area contributed by atoms with Crippen LogP contribution in [0.2, 0.25) is 0 Å². The Morgan fingerprint density at radius 3 is 1.84 bits per heavy atom. The molecular weight excluding hydrogens is 436 g/mol. The topological polar surface area (TPSA) is 148 Å². The van der Waals surface area contributed by atoms with Crippen molar-refractivity contribution in [1.29, 1.82) is 0 Å². The van der Waals surface area contributed by atoms with Crippen LogP contribution in [0.5, 0.6) is 0 Å². The van der Waals surface area contributed by atoms with Crippen LogP contribution >= 0.6 is 0 Å². The van der Waals surface area contributed by atoms with Crippen molar-refractivity contribution in [2.75, 3.05) is 85.7 Å². The third-order valence-electron chi connectivity index (χ3n) is 5.09. The Balaban J connectivity index is -0.00000148. The molecule has 3 N–H and O–H groups in total. The van der Waals surface area contributed by atoms with Gasteiger partial charge in [0.25, 0.3) is 0 Å². The molecule has 0 aromatic carbocycles. The molecular formula is C19H39CaN4O7+. The van der Waals surface area contributed by atoms with Crippen LogP contribution in [-0.4, -0.2) is 183 Å². The number of aliphatic carboxylic acids is 1. The number of nitrogens with zero attached hydrogens (tertiary/aromatic N) is 4. The van der Waals surface area contributed by atoms with Crippen molar-refractivity contribution in [3.05, 3.63) is 0 Å². The number of carbonyl (C=O) groups is 1. The number of aliphatic hydroxyl groups excluding tert-OH is 3. The van der Waals surface area contributed by atoms with Crippen LogP contribution in [0, 0.1) is 0 Å². The van der Waals surface area contributed by atoms with Crippen LogP contribution in [0.1, 0.15) is 14.4 Å². The first kappa shape index (κ1) is 35.4. The maximum Gasteiger partial charge on any atom is 2.00 e. The minimum Gasteiger partial charge on any atom is -0.549 e. The second-order valence-electron chi connectivity index (χ2n) is 7.00. The van der Waals surface area contributed by atoms with Crippen LogP contribution in [-0.2, 0) is 14.4 Å². The van der Waals surface area contributed by atoms with Gasteiger partial charge in [-0.2, -0.15) is 9.59 Å². The number of carboxylic acid groups (broad SMARTS) is 1. The molecule has 12 heteroatoms. The van der Waals surface area contributed by atoms with E-state index in [0.29, 0.717) is 26.2 Å². The number of carbonyl (C=O) groups excluding carboxylic acids is 3. The van der Waals surface area contributed by atoms with Gasteiger partial charge in [0.15, 0.2) is 0 Å². The number of hydrogen-bond acceptors (Lipinski definition) is 11. The van der Waals surface area contributed by atoms with Crippen LogP contribution in [0.3, 0.4) is 0 Å². The molecule has 0 aromatic heterocycles. The standard InChI is InChI=1S/C17H36N4O5.CO2.CH4.Ca/c1-3-19-6-4-18(2)5-7-20(12-17(25)26)9-11-21(10-8-19)15(13-22)16(24)14-23;2-1-3;;/h15-16,22-24H,3-14H2,1-2H3,(H,25,26);;1H4;/q;;;+2/p-1/t15-,16-;;;/m1.../s1. The average molecular weight is 476 g/mol. The quantitative estimate of drug-likeness (QED) is 0.309. The Labute approximate surface area is 215 Å². The van der Waals surface area contributed by atoms with Crippen molar-refractivity contribution in [2.24, 2.45) is 0 Å². The van der Waals surface area contributed by atoms with E-state index in [0.717, 1.165) is 32.7 Å². The summed E-state index contributed by atoms with van der Waals surface area (Å²) in [5.74, 6) is -1.11. The molecule has 178 valence electrons. The first-order valence-electron chi connectivity index (χ1n) is 9.79. The maximum absolute atomic E-state index is 11.0. The summed E-state index contributed by atoms with van der Waals surface area (Å²) in [6.07, 6.45) is -0.788. The molecule has 1 rings (SSSR count). The van der Waals surface area contributed by atoms with Crippen molar-refractivity contribution < 1.29 is 34.8 Å². The van der Waals surface area contributed by atoms with Crippen LogP contribution in [0.4, 0.5) is 0 Å². The van der Waals surface area contributed by atoms with Gasteiger partial charge in [-0.1, -0.05) is 14.4 Å². The van der Waals surface area contributed by atoms with Crippen LogP contribution in [0.15, 0.2) is 0 Å². The molecule has 0 bridgehead atoms. The smallest absolute Gasteiger partial charge is 0.549 e. The molecule has 0 saturated carbocycles. The Morgan fingerprint density at radius 1 is 0.968 bits per heavy atom. The van der Waals surface area contributed by atoms with Gasteiger partial charge in [-0.15, -0.1) is 0 Å². The van der Waals surface area contributed by atoms with Crippen LogP contribution < -0.4 is 5.11 Å². The molecule has 31 heavy (non-hydrogen) atoms. The molecule has 1 aliphatic heterocycles. The summed E-state index contributed by atoms with van der Waals surface area (Å²) < 4.78 is 0. The van der Waals surface area contributed by atoms with Gasteiger partial charge in [0.2, 0.25) is 0 Å². The Kier molecular flexibility index (Phi) is 24.8. The summed E-state index contributed by atoms with van der Waals surface area (Å²) in [6, 6.07) is -0.575. The number of carboxylic acids is 1. The number of aliphatic hydroxyl groups is 3. The minimum atomic E-state index is -1.11. The molecule has 1 heterocycles. The van der Waals surface area contributed by atoms with E-state index in [4.69, 9.17) is 9.59 Å². The van der Waals surface area contributed by atoms with Crippen molar-refractivity contribution >= 4 is 49.9 Å². The molecule has 0 amide bonds. The molecule has 11 nitrogen and oxygen atoms in total. The number of rotatable bonds is 7. The van der Waals surface area contributed by atoms with Crippen LogP contribution in [0.25, 0.3) is 0 Å². The monoisotopic (exact) mass is 475 g/mol. The first-order chi connectivity index (χ1) is 13.8. The Bertz CT molecular complexity index is 484. The molecule has 1 aliphatic rings. The van der Waals surface area contributed by atoms with E-state index in [1.807, 2.05) is 16.8 Å². The van der Waals surface area contributed by atoms with Gasteiger partial charge in [-0.3, -0.25) is 9.80 Å². The van der Waals surface area contributed by atoms with Gasteiger partial charge in [-0.05, 0) is 13.6 Å². The zero-order valence-electron chi connectivity index (χ0n) is 18.1. The first-order valence-corrected chi connectivity index (χ1v) is 9.79. The van der Waals surface area contributed by atoms with Gasteiger partial charge >= 0.3 is 43.9 Å². The summed E-state index contributed by atoms with van der Waals surface area (Å²) >= 11 is 0. The molecule has 0 radical (unpaired) electrons. The average Bonchev–Trinajstić information content (AvgIpc) is 2.68. The van der Waals surface area contributed by atoms with E-state index in [1.54, 1.807) is 0 Å². The van der Waals surface area contributed by atoms with Gasteiger partial charge in [0.1, 0.15) is 0 Å². The number of likely N-dealkylation sites (N-methyl/N-ethyl adjacent to an activating group) is 2. The van der Waals surface area contributed by atoms with E-state index in [9.17, 15) is 25.2 Å². The zero-order chi connectivity index (χ0) is 22.2. The Hall–Kier alpha value is -0.170. The van der Waals surface area contributed by atoms with Gasteiger partial charge < -0.3 is 35.0 Å². The third kappa shape index (κ3) is 16.1. The molecule has 0 spiro atoms. The van der Waals surface area contributed by atoms with E-state index < -0.39 is 24.7 Å². The largest absolute Gasteiger partial charge is 2.00 e. The fourth-order valence-electron chi connectivity index (χ4n) is 3.20. The maximum atomic E-state index is 11.0. The summed E-state index contributed by atoms with van der Waals surface area (Å²) in [5, 5.41) is 40.0. The fourth-order valence-corrected chi connectivity index (χ4v) is 3.20. The van der Waals surface area contributed by atoms with E-state index in [2.05, 4.69) is 16.7 Å². The minimum absolute atomic E-state index is 0. The molecule has 1 saturated heterocycles. The molecule has 0 unspecified atom stereocenters. The molecule has 0 aliphatic carbocycles. The SMILES string of the molecule is C.CCN1CCN(C)CCN(CC(=O)[O-])CCN([C@H](CO)[C@H](O)CO)CC1.O=C=O.[Ca+2]. The predicted molar refractivity (Wildman–Crippen MR) is 114 cm³/mol. The zero-order valence-corrected chi connectivity index (χ0v) is 20.3. The van der Waals surface area contributed by atoms with Crippen molar-refractivity contribution in [3.8, 4) is 0 Å². The van der Waals surface area contributed by atoms with Gasteiger partial charge in [0, 0.05) is 58.9 Å². The second-order valence-corrected chi connectivity index (χ2v) is 7.00. The van der Waals surface area contributed by atoms with E-state index >= 15 is 0 Å². The molecule has 2 atom stereocenters. The van der Waals surface area contributed by atoms with Gasteiger partial charge in [-0.25, -0.2) is 0 Å². The number of hydrogen-bond donors (Lipinski definition) is 3. The second kappa shape index (κ2) is 21.7. The fraction of sp³-hybridized carbons (Fsp3) is 0.895. The Morgan fingerprint density at radius 2 is 1.42 bits per heavy atom. The van der Waals surface area contributed by atoms with Gasteiger partial charge in [0.05, 0.1) is 31.3 Å². The van der Waals surface area contributed by atoms with Crippen molar-refractivity contribution in [1.82, 2.24) is 19.6 Å². The third-order valence-corrected chi connectivity index (χ3v) is 5.09. The van der Waals surface area contributed by atoms with Crippen molar-refractivity contribution in [2.45, 2.75) is 26.5 Å². The van der Waals surface area contributed by atoms with Crippen molar-refractivity contribution in [3.63, 3.8) is 0 Å². The summed E-state index contributed by atoms with van der Waals surface area (Å²) in [6.45, 7) is 7.71. The summed E-state index contributed by atoms with van der Waals surface area (Å²) in [7, 11) is 2.03.